The zero-order chi connectivity index (χ0) is 21.4. The minimum atomic E-state index is -1.08. The molecule has 152 valence electrons. The first-order chi connectivity index (χ1) is 15.1. The van der Waals surface area contributed by atoms with Crippen LogP contribution < -0.4 is 0 Å². The van der Waals surface area contributed by atoms with E-state index in [1.165, 1.54) is 6.07 Å². The van der Waals surface area contributed by atoms with Crippen molar-refractivity contribution in [3.63, 3.8) is 0 Å². The Hall–Kier alpha value is -3.68. The number of aliphatic hydroxyl groups excluding tert-OH is 1. The van der Waals surface area contributed by atoms with Gasteiger partial charge < -0.3 is 5.11 Å². The van der Waals surface area contributed by atoms with E-state index in [0.717, 1.165) is 26.7 Å². The molecule has 6 nitrogen and oxygen atoms in total. The number of nitro benzene ring substituents is 1. The Kier molecular flexibility index (Phi) is 4.89. The Morgan fingerprint density at radius 3 is 2.29 bits per heavy atom. The average molecular weight is 427 g/mol. The van der Waals surface area contributed by atoms with E-state index in [0.29, 0.717) is 11.4 Å². The maximum atomic E-state index is 11.4. The molecule has 0 spiro atoms. The Labute approximate surface area is 181 Å². The fourth-order valence-electron chi connectivity index (χ4n) is 3.76. The van der Waals surface area contributed by atoms with Crippen molar-refractivity contribution in [2.75, 3.05) is 0 Å². The van der Waals surface area contributed by atoms with Crippen LogP contribution in [0.3, 0.4) is 0 Å². The number of benzene rings is 3. The molecule has 3 aromatic carbocycles. The molecule has 0 aliphatic rings. The molecule has 31 heavy (non-hydrogen) atoms. The highest BCUT2D eigenvalue weighted by atomic mass is 32.1. The van der Waals surface area contributed by atoms with Crippen LogP contribution in [0.1, 0.15) is 17.4 Å². The first-order valence-electron chi connectivity index (χ1n) is 9.75. The fourth-order valence-corrected chi connectivity index (χ4v) is 4.50. The molecule has 0 radical (unpaired) electrons. The summed E-state index contributed by atoms with van der Waals surface area (Å²) < 4.78 is 0. The normalized spacial score (nSPS) is 12.3. The van der Waals surface area contributed by atoms with E-state index in [-0.39, 0.29) is 17.7 Å². The third-order valence-corrected chi connectivity index (χ3v) is 6.11. The maximum absolute atomic E-state index is 11.4. The molecule has 1 atom stereocenters. The molecular formula is C24H17N3O3S. The smallest absolute Gasteiger partial charge is 0.275 e. The largest absolute Gasteiger partial charge is 0.388 e. The highest BCUT2D eigenvalue weighted by Gasteiger charge is 2.23. The number of nitrogens with zero attached hydrogens (tertiary/aromatic N) is 3. The SMILES string of the molecule is O=[N+]([O-])c1ccccc1C(O)Cc1nc2cc3ccccc3cc2nc1-c1cccs1. The number of aliphatic hydroxyl groups is 1. The lowest BCUT2D eigenvalue weighted by Gasteiger charge is -2.14. The van der Waals surface area contributed by atoms with Crippen LogP contribution in [0.5, 0.6) is 0 Å². The van der Waals surface area contributed by atoms with Gasteiger partial charge in [0.15, 0.2) is 0 Å². The first kappa shape index (κ1) is 19.3. The summed E-state index contributed by atoms with van der Waals surface area (Å²) in [6.45, 7) is 0. The number of rotatable bonds is 5. The molecule has 1 N–H and O–H groups in total. The van der Waals surface area contributed by atoms with Gasteiger partial charge in [0.05, 0.1) is 38.2 Å². The van der Waals surface area contributed by atoms with E-state index in [2.05, 4.69) is 0 Å². The molecule has 0 saturated heterocycles. The third-order valence-electron chi connectivity index (χ3n) is 5.24. The lowest BCUT2D eigenvalue weighted by Crippen LogP contribution is -2.08. The summed E-state index contributed by atoms with van der Waals surface area (Å²) in [5.41, 5.74) is 2.96. The summed E-state index contributed by atoms with van der Waals surface area (Å²) in [6.07, 6.45) is -0.957. The topological polar surface area (TPSA) is 89.2 Å². The van der Waals surface area contributed by atoms with Crippen molar-refractivity contribution in [2.45, 2.75) is 12.5 Å². The van der Waals surface area contributed by atoms with Gasteiger partial charge in [-0.2, -0.15) is 0 Å². The quantitative estimate of drug-likeness (QED) is 0.221. The van der Waals surface area contributed by atoms with Gasteiger partial charge in [0.25, 0.3) is 5.69 Å². The Morgan fingerprint density at radius 2 is 1.61 bits per heavy atom. The number of hydrogen-bond acceptors (Lipinski definition) is 6. The molecule has 0 aliphatic carbocycles. The highest BCUT2D eigenvalue weighted by molar-refractivity contribution is 7.13. The monoisotopic (exact) mass is 427 g/mol. The molecule has 2 heterocycles. The van der Waals surface area contributed by atoms with Gasteiger partial charge in [0.2, 0.25) is 0 Å². The van der Waals surface area contributed by atoms with Gasteiger partial charge in [-0.25, -0.2) is 9.97 Å². The number of para-hydroxylation sites is 1. The van der Waals surface area contributed by atoms with E-state index >= 15 is 0 Å². The van der Waals surface area contributed by atoms with Crippen molar-refractivity contribution in [3.8, 4) is 10.6 Å². The summed E-state index contributed by atoms with van der Waals surface area (Å²) in [6, 6.07) is 22.2. The summed E-state index contributed by atoms with van der Waals surface area (Å²) >= 11 is 1.54. The van der Waals surface area contributed by atoms with Crippen LogP contribution >= 0.6 is 11.3 Å². The van der Waals surface area contributed by atoms with Gasteiger partial charge >= 0.3 is 0 Å². The fraction of sp³-hybridized carbons (Fsp3) is 0.0833. The second-order valence-electron chi connectivity index (χ2n) is 7.22. The molecule has 2 aromatic heterocycles. The summed E-state index contributed by atoms with van der Waals surface area (Å²) in [7, 11) is 0. The van der Waals surface area contributed by atoms with Crippen molar-refractivity contribution >= 4 is 38.8 Å². The van der Waals surface area contributed by atoms with Gasteiger partial charge in [-0.3, -0.25) is 10.1 Å². The maximum Gasteiger partial charge on any atom is 0.275 e. The molecular weight excluding hydrogens is 410 g/mol. The minimum absolute atomic E-state index is 0.104. The summed E-state index contributed by atoms with van der Waals surface area (Å²) in [4.78, 5) is 21.6. The van der Waals surface area contributed by atoms with E-state index in [1.807, 2.05) is 53.9 Å². The molecule has 0 bridgehead atoms. The van der Waals surface area contributed by atoms with Crippen molar-refractivity contribution < 1.29 is 10.0 Å². The number of hydrogen-bond donors (Lipinski definition) is 1. The molecule has 0 saturated carbocycles. The molecule has 0 amide bonds. The van der Waals surface area contributed by atoms with Crippen LogP contribution in [0.2, 0.25) is 0 Å². The molecule has 5 aromatic rings. The van der Waals surface area contributed by atoms with E-state index in [4.69, 9.17) is 9.97 Å². The van der Waals surface area contributed by atoms with E-state index < -0.39 is 11.0 Å². The minimum Gasteiger partial charge on any atom is -0.388 e. The summed E-state index contributed by atoms with van der Waals surface area (Å²) in [5.74, 6) is 0. The van der Waals surface area contributed by atoms with Crippen molar-refractivity contribution in [1.82, 2.24) is 9.97 Å². The second-order valence-corrected chi connectivity index (χ2v) is 8.17. The first-order valence-corrected chi connectivity index (χ1v) is 10.6. The lowest BCUT2D eigenvalue weighted by atomic mass is 10.0. The lowest BCUT2D eigenvalue weighted by molar-refractivity contribution is -0.386. The van der Waals surface area contributed by atoms with Crippen LogP contribution in [-0.2, 0) is 6.42 Å². The van der Waals surface area contributed by atoms with Crippen LogP contribution in [-0.4, -0.2) is 20.0 Å². The van der Waals surface area contributed by atoms with Crippen LogP contribution in [0, 0.1) is 10.1 Å². The van der Waals surface area contributed by atoms with Crippen molar-refractivity contribution in [1.29, 1.82) is 0 Å². The van der Waals surface area contributed by atoms with E-state index in [1.54, 1.807) is 29.5 Å². The molecule has 7 heteroatoms. The predicted molar refractivity (Wildman–Crippen MR) is 122 cm³/mol. The van der Waals surface area contributed by atoms with Crippen molar-refractivity contribution in [2.24, 2.45) is 0 Å². The number of fused-ring (bicyclic) bond motifs is 2. The molecule has 1 unspecified atom stereocenters. The predicted octanol–water partition coefficient (Wildman–Crippen LogP) is 5.70. The van der Waals surface area contributed by atoms with Crippen molar-refractivity contribution in [3.05, 3.63) is 99.5 Å². The van der Waals surface area contributed by atoms with E-state index in [9.17, 15) is 15.2 Å². The van der Waals surface area contributed by atoms with Gasteiger partial charge in [-0.1, -0.05) is 42.5 Å². The zero-order valence-corrected chi connectivity index (χ0v) is 17.1. The number of nitro groups is 1. The zero-order valence-electron chi connectivity index (χ0n) is 16.3. The number of aromatic nitrogens is 2. The Balaban J connectivity index is 1.65. The van der Waals surface area contributed by atoms with Crippen LogP contribution in [0.25, 0.3) is 32.4 Å². The van der Waals surface area contributed by atoms with Gasteiger partial charge in [0, 0.05) is 12.5 Å². The third kappa shape index (κ3) is 3.65. The number of thiophene rings is 1. The average Bonchev–Trinajstić information content (AvgIpc) is 3.32. The van der Waals surface area contributed by atoms with Gasteiger partial charge in [-0.15, -0.1) is 11.3 Å². The second kappa shape index (κ2) is 7.86. The summed E-state index contributed by atoms with van der Waals surface area (Å²) in [5, 5.41) is 26.4. The Bertz CT molecular complexity index is 1420. The van der Waals surface area contributed by atoms with Gasteiger partial charge in [0.1, 0.15) is 5.69 Å². The van der Waals surface area contributed by atoms with Gasteiger partial charge in [-0.05, 0) is 40.4 Å². The van der Waals surface area contributed by atoms with Crippen LogP contribution in [0.4, 0.5) is 5.69 Å². The standard InChI is InChI=1S/C24H17N3O3S/c28-22(17-8-3-4-9-21(17)27(29)30)14-20-24(23-10-5-11-31-23)26-19-13-16-7-2-1-6-15(16)12-18(19)25-20/h1-13,22,28H,14H2. The molecule has 5 rings (SSSR count). The molecule has 0 fully saturated rings. The Morgan fingerprint density at radius 1 is 0.935 bits per heavy atom. The highest BCUT2D eigenvalue weighted by Crippen LogP contribution is 2.33. The van der Waals surface area contributed by atoms with Crippen LogP contribution in [0.15, 0.2) is 78.2 Å². The molecule has 0 aliphatic heterocycles.